The number of hydrogen-bond donors (Lipinski definition) is 1. The van der Waals surface area contributed by atoms with Crippen LogP contribution >= 0.6 is 0 Å². The molecule has 8 heteroatoms. The number of likely N-dealkylation sites (N-methyl/N-ethyl adjacent to an activating group) is 1. The molecule has 2 aromatic rings. The maximum absolute atomic E-state index is 13.3. The Morgan fingerprint density at radius 1 is 1.00 bits per heavy atom. The number of aryl methyl sites for hydroxylation is 1. The molecule has 0 radical (unpaired) electrons. The molecule has 2 amide bonds. The van der Waals surface area contributed by atoms with Crippen LogP contribution in [0.5, 0.6) is 0 Å². The largest absolute Gasteiger partial charge is 0.334 e. The number of sulfonamides is 1. The molecule has 1 N–H and O–H groups in total. The average Bonchev–Trinajstić information content (AvgIpc) is 2.72. The maximum Gasteiger partial charge on any atom is 0.334 e. The summed E-state index contributed by atoms with van der Waals surface area (Å²) < 4.78 is 27.3. The number of nitrogens with one attached hydrogen (secondary N) is 1. The Morgan fingerprint density at radius 3 is 2.17 bits per heavy atom. The molecule has 154 valence electrons. The smallest absolute Gasteiger partial charge is 0.334 e. The van der Waals surface area contributed by atoms with Gasteiger partial charge in [0.05, 0.1) is 38.1 Å². The number of rotatable bonds is 5. The summed E-state index contributed by atoms with van der Waals surface area (Å²) in [6, 6.07) is 14.0. The molecule has 3 rings (SSSR count). The van der Waals surface area contributed by atoms with E-state index in [1.807, 2.05) is 14.0 Å². The zero-order valence-electron chi connectivity index (χ0n) is 16.7. The van der Waals surface area contributed by atoms with Gasteiger partial charge in [0.15, 0.2) is 5.78 Å². The van der Waals surface area contributed by atoms with E-state index in [4.69, 9.17) is 0 Å². The molecule has 1 fully saturated rings. The van der Waals surface area contributed by atoms with Gasteiger partial charge in [-0.25, -0.2) is 17.5 Å². The van der Waals surface area contributed by atoms with Gasteiger partial charge in [-0.05, 0) is 19.1 Å². The summed E-state index contributed by atoms with van der Waals surface area (Å²) in [7, 11) is -2.14. The monoisotopic (exact) mass is 416 g/mol. The van der Waals surface area contributed by atoms with Crippen LogP contribution < -0.4 is 4.90 Å². The van der Waals surface area contributed by atoms with Crippen LogP contribution in [-0.2, 0) is 10.0 Å². The van der Waals surface area contributed by atoms with Crippen LogP contribution in [0.4, 0.5) is 4.79 Å². The second-order valence-electron chi connectivity index (χ2n) is 7.34. The van der Waals surface area contributed by atoms with Crippen molar-refractivity contribution >= 4 is 21.8 Å². The number of piperazine rings is 1. The van der Waals surface area contributed by atoms with E-state index in [1.165, 1.54) is 21.9 Å². The first-order valence-corrected chi connectivity index (χ1v) is 11.0. The molecular weight excluding hydrogens is 390 g/mol. The lowest BCUT2D eigenvalue weighted by atomic mass is 10.1. The highest BCUT2D eigenvalue weighted by Gasteiger charge is 2.36. The van der Waals surface area contributed by atoms with Gasteiger partial charge in [-0.15, -0.1) is 0 Å². The van der Waals surface area contributed by atoms with Crippen LogP contribution in [0.25, 0.3) is 0 Å². The van der Waals surface area contributed by atoms with Crippen molar-refractivity contribution < 1.29 is 22.9 Å². The summed E-state index contributed by atoms with van der Waals surface area (Å²) in [5.41, 5.74) is 1.27. The molecule has 1 saturated heterocycles. The Balaban J connectivity index is 1.93. The van der Waals surface area contributed by atoms with Crippen LogP contribution in [0.2, 0.25) is 0 Å². The number of amides is 2. The highest BCUT2D eigenvalue weighted by Crippen LogP contribution is 2.19. The quantitative estimate of drug-likeness (QED) is 0.732. The van der Waals surface area contributed by atoms with E-state index in [-0.39, 0.29) is 4.90 Å². The summed E-state index contributed by atoms with van der Waals surface area (Å²) in [5, 5.41) is 0. The number of quaternary nitrogens is 1. The number of carbonyl (C=O) groups excluding carboxylic acids is 2. The van der Waals surface area contributed by atoms with Gasteiger partial charge >= 0.3 is 6.03 Å². The van der Waals surface area contributed by atoms with Gasteiger partial charge in [0.1, 0.15) is 6.54 Å². The first kappa shape index (κ1) is 21.0. The molecule has 0 spiro atoms. The van der Waals surface area contributed by atoms with E-state index >= 15 is 0 Å². The topological polar surface area (TPSA) is 79.2 Å². The summed E-state index contributed by atoms with van der Waals surface area (Å²) in [6.07, 6.45) is 0. The summed E-state index contributed by atoms with van der Waals surface area (Å²) in [4.78, 5) is 28.7. The molecule has 29 heavy (non-hydrogen) atoms. The lowest BCUT2D eigenvalue weighted by Gasteiger charge is -2.33. The molecule has 1 aliphatic heterocycles. The van der Waals surface area contributed by atoms with Gasteiger partial charge in [-0.1, -0.05) is 48.0 Å². The lowest BCUT2D eigenvalue weighted by Crippen LogP contribution is -3.12. The number of nitrogens with zero attached hydrogens (tertiary/aromatic N) is 2. The first-order chi connectivity index (χ1) is 13.8. The minimum absolute atomic E-state index is 0.00272. The Labute approximate surface area is 171 Å². The molecule has 0 unspecified atom stereocenters. The molecular formula is C21H26N3O4S+. The standard InChI is InChI=1S/C21H25N3O4S/c1-17-8-10-19(11-9-17)29(27,28)24(16-20(25)18-6-4-3-5-7-18)21(26)23-14-12-22(2)13-15-23/h3-11H,12-16H2,1-2H3/p+1. The van der Waals surface area contributed by atoms with E-state index in [0.29, 0.717) is 23.0 Å². The fourth-order valence-corrected chi connectivity index (χ4v) is 4.52. The predicted molar refractivity (Wildman–Crippen MR) is 109 cm³/mol. The van der Waals surface area contributed by atoms with E-state index in [0.717, 1.165) is 18.7 Å². The molecule has 0 aromatic heterocycles. The van der Waals surface area contributed by atoms with E-state index in [1.54, 1.807) is 42.5 Å². The van der Waals surface area contributed by atoms with Gasteiger partial charge < -0.3 is 9.80 Å². The summed E-state index contributed by atoms with van der Waals surface area (Å²) in [6.45, 7) is 3.69. The fourth-order valence-electron chi connectivity index (χ4n) is 3.18. The molecule has 0 atom stereocenters. The third-order valence-corrected chi connectivity index (χ3v) is 6.83. The minimum Gasteiger partial charge on any atom is -0.334 e. The highest BCUT2D eigenvalue weighted by atomic mass is 32.2. The van der Waals surface area contributed by atoms with Crippen LogP contribution in [-0.4, -0.2) is 69.2 Å². The Hall–Kier alpha value is -2.71. The van der Waals surface area contributed by atoms with Crippen molar-refractivity contribution in [1.82, 2.24) is 9.21 Å². The number of hydrogen-bond acceptors (Lipinski definition) is 4. The van der Waals surface area contributed by atoms with Crippen LogP contribution in [0, 0.1) is 6.92 Å². The highest BCUT2D eigenvalue weighted by molar-refractivity contribution is 7.89. The maximum atomic E-state index is 13.3. The van der Waals surface area contributed by atoms with Crippen molar-refractivity contribution in [2.24, 2.45) is 0 Å². The molecule has 1 heterocycles. The molecule has 0 aliphatic carbocycles. The SMILES string of the molecule is Cc1ccc(S(=O)(=O)N(CC(=O)c2ccccc2)C(=O)N2CC[NH+](C)CC2)cc1. The van der Waals surface area contributed by atoms with Crippen molar-refractivity contribution in [3.63, 3.8) is 0 Å². The van der Waals surface area contributed by atoms with Gasteiger partial charge in [0.2, 0.25) is 0 Å². The zero-order chi connectivity index (χ0) is 21.0. The second kappa shape index (κ2) is 8.75. The molecule has 0 bridgehead atoms. The number of carbonyl (C=O) groups is 2. The number of urea groups is 1. The van der Waals surface area contributed by atoms with Crippen molar-refractivity contribution in [3.05, 3.63) is 65.7 Å². The Morgan fingerprint density at radius 2 is 1.59 bits per heavy atom. The van der Waals surface area contributed by atoms with Gasteiger partial charge in [0.25, 0.3) is 10.0 Å². The average molecular weight is 417 g/mol. The van der Waals surface area contributed by atoms with Gasteiger partial charge in [0, 0.05) is 5.56 Å². The molecule has 2 aromatic carbocycles. The Bertz CT molecular complexity index is 967. The molecule has 0 saturated carbocycles. The summed E-state index contributed by atoms with van der Waals surface area (Å²) >= 11 is 0. The molecule has 1 aliphatic rings. The molecule has 7 nitrogen and oxygen atoms in total. The summed E-state index contributed by atoms with van der Waals surface area (Å²) in [5.74, 6) is -0.422. The van der Waals surface area contributed by atoms with Crippen molar-refractivity contribution in [3.8, 4) is 0 Å². The number of Topliss-reactive ketones (excluding diaryl/α,β-unsaturated/α-hetero) is 1. The minimum atomic E-state index is -4.17. The van der Waals surface area contributed by atoms with Gasteiger partial charge in [-0.2, -0.15) is 0 Å². The lowest BCUT2D eigenvalue weighted by molar-refractivity contribution is -0.883. The zero-order valence-corrected chi connectivity index (χ0v) is 17.5. The van der Waals surface area contributed by atoms with Crippen LogP contribution in [0.1, 0.15) is 15.9 Å². The fraction of sp³-hybridized carbons (Fsp3) is 0.333. The van der Waals surface area contributed by atoms with Crippen molar-refractivity contribution in [2.45, 2.75) is 11.8 Å². The van der Waals surface area contributed by atoms with E-state index < -0.39 is 28.4 Å². The second-order valence-corrected chi connectivity index (χ2v) is 9.20. The number of ketones is 1. The van der Waals surface area contributed by atoms with Crippen molar-refractivity contribution in [2.75, 3.05) is 39.8 Å². The normalized spacial score (nSPS) is 15.2. The number of benzene rings is 2. The van der Waals surface area contributed by atoms with Crippen LogP contribution in [0.3, 0.4) is 0 Å². The first-order valence-electron chi connectivity index (χ1n) is 9.57. The third kappa shape index (κ3) is 4.83. The van der Waals surface area contributed by atoms with Crippen molar-refractivity contribution in [1.29, 1.82) is 0 Å². The third-order valence-electron chi connectivity index (χ3n) is 5.09. The van der Waals surface area contributed by atoms with Gasteiger partial charge in [-0.3, -0.25) is 4.79 Å². The van der Waals surface area contributed by atoms with E-state index in [9.17, 15) is 18.0 Å². The Kier molecular flexibility index (Phi) is 6.34. The van der Waals surface area contributed by atoms with Crippen LogP contribution in [0.15, 0.2) is 59.5 Å². The predicted octanol–water partition coefficient (Wildman–Crippen LogP) is 0.819. The van der Waals surface area contributed by atoms with E-state index in [2.05, 4.69) is 0 Å².